The molecule has 1 nitrogen and oxygen atoms in total. The summed E-state index contributed by atoms with van der Waals surface area (Å²) >= 11 is 0. The molecule has 0 amide bonds. The molecule has 0 aromatic carbocycles. The van der Waals surface area contributed by atoms with Crippen LogP contribution >= 0.6 is 0 Å². The second kappa shape index (κ2) is 2.46. The molecule has 0 spiro atoms. The van der Waals surface area contributed by atoms with Crippen molar-refractivity contribution in [3.8, 4) is 0 Å². The first-order chi connectivity index (χ1) is 4.49. The number of alkyl halides is 2. The Balaban J connectivity index is 2.15. The Morgan fingerprint density at radius 2 is 2.10 bits per heavy atom. The molecule has 2 N–H and O–H groups in total. The first kappa shape index (κ1) is 7.92. The zero-order valence-electron chi connectivity index (χ0n) is 6.11. The van der Waals surface area contributed by atoms with Crippen LogP contribution in [0.2, 0.25) is 0 Å². The summed E-state index contributed by atoms with van der Waals surface area (Å²) < 4.78 is 24.4. The number of halogens is 2. The van der Waals surface area contributed by atoms with Gasteiger partial charge in [0.1, 0.15) is 0 Å². The molecule has 1 rings (SSSR count). The van der Waals surface area contributed by atoms with Gasteiger partial charge in [0.2, 0.25) is 5.92 Å². The van der Waals surface area contributed by atoms with Gasteiger partial charge in [-0.1, -0.05) is 0 Å². The lowest BCUT2D eigenvalue weighted by atomic mass is 9.78. The van der Waals surface area contributed by atoms with Crippen molar-refractivity contribution in [2.24, 2.45) is 11.7 Å². The zero-order valence-corrected chi connectivity index (χ0v) is 6.11. The summed E-state index contributed by atoms with van der Waals surface area (Å²) in [4.78, 5) is 0. The molecule has 1 aliphatic rings. The fraction of sp³-hybridized carbons (Fsp3) is 1.00. The van der Waals surface area contributed by atoms with E-state index in [1.807, 2.05) is 6.92 Å². The smallest absolute Gasteiger partial charge is 0.248 e. The molecule has 0 bridgehead atoms. The topological polar surface area (TPSA) is 26.0 Å². The van der Waals surface area contributed by atoms with Gasteiger partial charge >= 0.3 is 0 Å². The van der Waals surface area contributed by atoms with Gasteiger partial charge in [-0.05, 0) is 19.3 Å². The van der Waals surface area contributed by atoms with Gasteiger partial charge in [-0.3, -0.25) is 0 Å². The first-order valence-corrected chi connectivity index (χ1v) is 3.63. The van der Waals surface area contributed by atoms with Crippen molar-refractivity contribution in [2.75, 3.05) is 0 Å². The minimum absolute atomic E-state index is 0.0501. The highest BCUT2D eigenvalue weighted by molar-refractivity contribution is 4.87. The van der Waals surface area contributed by atoms with Gasteiger partial charge in [-0.15, -0.1) is 0 Å². The summed E-state index contributed by atoms with van der Waals surface area (Å²) in [6, 6.07) is 0.0705. The van der Waals surface area contributed by atoms with Crippen LogP contribution in [0, 0.1) is 5.92 Å². The molecule has 10 heavy (non-hydrogen) atoms. The van der Waals surface area contributed by atoms with Crippen molar-refractivity contribution in [1.29, 1.82) is 0 Å². The van der Waals surface area contributed by atoms with Gasteiger partial charge in [-0.2, -0.15) is 0 Å². The molecule has 0 heterocycles. The molecule has 0 saturated heterocycles. The molecule has 1 atom stereocenters. The molecule has 3 heteroatoms. The van der Waals surface area contributed by atoms with Crippen molar-refractivity contribution in [3.63, 3.8) is 0 Å². The summed E-state index contributed by atoms with van der Waals surface area (Å²) in [6.45, 7) is 1.86. The van der Waals surface area contributed by atoms with Crippen molar-refractivity contribution in [3.05, 3.63) is 0 Å². The molecule has 0 aromatic rings. The van der Waals surface area contributed by atoms with Crippen LogP contribution in [0.1, 0.15) is 26.2 Å². The summed E-state index contributed by atoms with van der Waals surface area (Å²) in [6.07, 6.45) is 0.846. The number of hydrogen-bond donors (Lipinski definition) is 1. The van der Waals surface area contributed by atoms with Crippen LogP contribution in [-0.2, 0) is 0 Å². The van der Waals surface area contributed by atoms with Crippen LogP contribution in [0.4, 0.5) is 8.78 Å². The Morgan fingerprint density at radius 3 is 2.40 bits per heavy atom. The Hall–Kier alpha value is -0.180. The first-order valence-electron chi connectivity index (χ1n) is 3.63. The average molecular weight is 149 g/mol. The van der Waals surface area contributed by atoms with Crippen molar-refractivity contribution in [1.82, 2.24) is 0 Å². The fourth-order valence-corrected chi connectivity index (χ4v) is 1.48. The van der Waals surface area contributed by atoms with Crippen molar-refractivity contribution >= 4 is 0 Å². The van der Waals surface area contributed by atoms with E-state index in [0.717, 1.165) is 6.42 Å². The van der Waals surface area contributed by atoms with Gasteiger partial charge in [0, 0.05) is 18.9 Å². The molecule has 1 aliphatic carbocycles. The van der Waals surface area contributed by atoms with Crippen LogP contribution in [0.15, 0.2) is 0 Å². The lowest BCUT2D eigenvalue weighted by molar-refractivity contribution is -0.112. The monoisotopic (exact) mass is 149 g/mol. The highest BCUT2D eigenvalue weighted by Crippen LogP contribution is 2.44. The molecule has 1 unspecified atom stereocenters. The maximum atomic E-state index is 12.2. The van der Waals surface area contributed by atoms with Crippen LogP contribution in [-0.4, -0.2) is 12.0 Å². The van der Waals surface area contributed by atoms with E-state index in [1.165, 1.54) is 0 Å². The second-order valence-electron chi connectivity index (χ2n) is 3.34. The van der Waals surface area contributed by atoms with Crippen molar-refractivity contribution in [2.45, 2.75) is 38.2 Å². The minimum Gasteiger partial charge on any atom is -0.328 e. The van der Waals surface area contributed by atoms with Gasteiger partial charge < -0.3 is 5.73 Å². The van der Waals surface area contributed by atoms with Crippen LogP contribution in [0.5, 0.6) is 0 Å². The third kappa shape index (κ3) is 1.90. The molecule has 0 aromatic heterocycles. The predicted molar refractivity (Wildman–Crippen MR) is 35.9 cm³/mol. The SMILES string of the molecule is CC(N)CC1CC(F)(F)C1. The largest absolute Gasteiger partial charge is 0.328 e. The number of hydrogen-bond acceptors (Lipinski definition) is 1. The Labute approximate surface area is 59.6 Å². The molecule has 1 fully saturated rings. The summed E-state index contributed by atoms with van der Waals surface area (Å²) in [5, 5.41) is 0. The second-order valence-corrected chi connectivity index (χ2v) is 3.34. The molecule has 0 radical (unpaired) electrons. The van der Waals surface area contributed by atoms with E-state index in [1.54, 1.807) is 0 Å². The van der Waals surface area contributed by atoms with E-state index in [0.29, 0.717) is 0 Å². The molecular formula is C7H13F2N. The normalized spacial score (nSPS) is 27.6. The van der Waals surface area contributed by atoms with Crippen molar-refractivity contribution < 1.29 is 8.78 Å². The molecule has 1 saturated carbocycles. The summed E-state index contributed by atoms with van der Waals surface area (Å²) in [5.41, 5.74) is 5.45. The predicted octanol–water partition coefficient (Wildman–Crippen LogP) is 1.77. The maximum absolute atomic E-state index is 12.2. The third-order valence-electron chi connectivity index (χ3n) is 1.88. The Kier molecular flexibility index (Phi) is 1.95. The lowest BCUT2D eigenvalue weighted by Gasteiger charge is -2.35. The minimum atomic E-state index is -2.38. The van der Waals surface area contributed by atoms with Crippen LogP contribution < -0.4 is 5.73 Å². The highest BCUT2D eigenvalue weighted by atomic mass is 19.3. The average Bonchev–Trinajstić information content (AvgIpc) is 1.57. The summed E-state index contributed by atoms with van der Waals surface area (Å²) in [5.74, 6) is -2.20. The standard InChI is InChI=1S/C7H13F2N/c1-5(10)2-6-3-7(8,9)4-6/h5-6H,2-4,10H2,1H3. The van der Waals surface area contributed by atoms with E-state index in [9.17, 15) is 8.78 Å². The van der Waals surface area contributed by atoms with Gasteiger partial charge in [0.05, 0.1) is 0 Å². The van der Waals surface area contributed by atoms with E-state index in [-0.39, 0.29) is 24.8 Å². The Bertz CT molecular complexity index is 112. The van der Waals surface area contributed by atoms with E-state index >= 15 is 0 Å². The van der Waals surface area contributed by atoms with Gasteiger partial charge in [0.15, 0.2) is 0 Å². The lowest BCUT2D eigenvalue weighted by Crippen LogP contribution is -2.38. The zero-order chi connectivity index (χ0) is 7.78. The van der Waals surface area contributed by atoms with Gasteiger partial charge in [0.25, 0.3) is 0 Å². The molecule has 60 valence electrons. The summed E-state index contributed by atoms with van der Waals surface area (Å²) in [7, 11) is 0. The highest BCUT2D eigenvalue weighted by Gasteiger charge is 2.44. The molecular weight excluding hydrogens is 136 g/mol. The number of nitrogens with two attached hydrogens (primary N) is 1. The van der Waals surface area contributed by atoms with E-state index in [2.05, 4.69) is 0 Å². The van der Waals surface area contributed by atoms with Gasteiger partial charge in [-0.25, -0.2) is 8.78 Å². The van der Waals surface area contributed by atoms with Crippen LogP contribution in [0.3, 0.4) is 0 Å². The fourth-order valence-electron chi connectivity index (χ4n) is 1.48. The Morgan fingerprint density at radius 1 is 1.60 bits per heavy atom. The quantitative estimate of drug-likeness (QED) is 0.636. The number of rotatable bonds is 2. The van der Waals surface area contributed by atoms with Crippen LogP contribution in [0.25, 0.3) is 0 Å². The third-order valence-corrected chi connectivity index (χ3v) is 1.88. The van der Waals surface area contributed by atoms with E-state index < -0.39 is 5.92 Å². The molecule has 0 aliphatic heterocycles. The van der Waals surface area contributed by atoms with E-state index in [4.69, 9.17) is 5.73 Å². The maximum Gasteiger partial charge on any atom is 0.248 e.